The maximum Gasteiger partial charge on any atom is 0.238 e. The standard InChI is InChI=1S/C19H17Cl2NO3S/c1-3-8-25-18-15(21)9-12(10-16(18)24-2)19-22(17(23)11-26-19)14-6-4-13(20)5-7-14/h3-7,9-10,19H,1,8,11H2,2H3/t19-/m0/s1. The van der Waals surface area contributed by atoms with E-state index in [2.05, 4.69) is 6.58 Å². The van der Waals surface area contributed by atoms with Crippen molar-refractivity contribution in [1.82, 2.24) is 0 Å². The van der Waals surface area contributed by atoms with Gasteiger partial charge in [-0.3, -0.25) is 9.69 Å². The Hall–Kier alpha value is -1.82. The highest BCUT2D eigenvalue weighted by Gasteiger charge is 2.35. The molecule has 4 nitrogen and oxygen atoms in total. The van der Waals surface area contributed by atoms with E-state index >= 15 is 0 Å². The minimum atomic E-state index is -0.205. The molecule has 3 rings (SSSR count). The van der Waals surface area contributed by atoms with Crippen LogP contribution < -0.4 is 14.4 Å². The Morgan fingerprint density at radius 1 is 1.31 bits per heavy atom. The highest BCUT2D eigenvalue weighted by molar-refractivity contribution is 8.00. The number of benzene rings is 2. The molecule has 2 aromatic rings. The topological polar surface area (TPSA) is 38.8 Å². The lowest BCUT2D eigenvalue weighted by molar-refractivity contribution is -0.115. The molecular formula is C19H17Cl2NO3S. The van der Waals surface area contributed by atoms with Crippen molar-refractivity contribution in [3.63, 3.8) is 0 Å². The van der Waals surface area contributed by atoms with Gasteiger partial charge in [-0.05, 0) is 42.0 Å². The molecule has 0 aliphatic carbocycles. The second-order valence-electron chi connectivity index (χ2n) is 5.54. The van der Waals surface area contributed by atoms with Gasteiger partial charge in [-0.2, -0.15) is 0 Å². The number of rotatable bonds is 6. The van der Waals surface area contributed by atoms with Crippen LogP contribution >= 0.6 is 35.0 Å². The molecule has 2 aromatic carbocycles. The summed E-state index contributed by atoms with van der Waals surface area (Å²) in [5.74, 6) is 1.40. The average Bonchev–Trinajstić information content (AvgIpc) is 3.02. The summed E-state index contributed by atoms with van der Waals surface area (Å²) < 4.78 is 11.0. The van der Waals surface area contributed by atoms with Crippen LogP contribution in [-0.4, -0.2) is 25.4 Å². The van der Waals surface area contributed by atoms with Gasteiger partial charge in [0, 0.05) is 10.7 Å². The van der Waals surface area contributed by atoms with Crippen molar-refractivity contribution < 1.29 is 14.3 Å². The fraction of sp³-hybridized carbons (Fsp3) is 0.211. The fourth-order valence-electron chi connectivity index (χ4n) is 2.72. The number of halogens is 2. The molecule has 1 saturated heterocycles. The van der Waals surface area contributed by atoms with Crippen LogP contribution in [0.4, 0.5) is 5.69 Å². The molecule has 0 spiro atoms. The first-order valence-corrected chi connectivity index (χ1v) is 9.66. The van der Waals surface area contributed by atoms with Gasteiger partial charge < -0.3 is 9.47 Å². The molecule has 1 amide bonds. The lowest BCUT2D eigenvalue weighted by atomic mass is 10.1. The lowest BCUT2D eigenvalue weighted by Gasteiger charge is -2.25. The predicted octanol–water partition coefficient (Wildman–Crippen LogP) is 5.35. The third-order valence-electron chi connectivity index (χ3n) is 3.86. The number of anilines is 1. The Morgan fingerprint density at radius 2 is 2.04 bits per heavy atom. The van der Waals surface area contributed by atoms with Crippen molar-refractivity contribution in [1.29, 1.82) is 0 Å². The molecule has 0 aromatic heterocycles. The van der Waals surface area contributed by atoms with Gasteiger partial charge in [-0.25, -0.2) is 0 Å². The minimum absolute atomic E-state index is 0.0318. The molecule has 1 fully saturated rings. The van der Waals surface area contributed by atoms with Gasteiger partial charge in [0.15, 0.2) is 11.5 Å². The van der Waals surface area contributed by atoms with Gasteiger partial charge >= 0.3 is 0 Å². The second-order valence-corrected chi connectivity index (χ2v) is 7.45. The molecule has 0 saturated carbocycles. The van der Waals surface area contributed by atoms with Crippen LogP contribution in [0, 0.1) is 0 Å². The van der Waals surface area contributed by atoms with Gasteiger partial charge in [0.1, 0.15) is 12.0 Å². The van der Waals surface area contributed by atoms with Crippen LogP contribution in [0.25, 0.3) is 0 Å². The largest absolute Gasteiger partial charge is 0.493 e. The molecule has 0 N–H and O–H groups in total. The normalized spacial score (nSPS) is 16.7. The maximum atomic E-state index is 12.5. The first kappa shape index (κ1) is 19.0. The van der Waals surface area contributed by atoms with Gasteiger partial charge in [0.05, 0.1) is 17.9 Å². The molecule has 0 unspecified atom stereocenters. The smallest absolute Gasteiger partial charge is 0.238 e. The van der Waals surface area contributed by atoms with Crippen LogP contribution in [0.3, 0.4) is 0 Å². The third-order valence-corrected chi connectivity index (χ3v) is 5.60. The highest BCUT2D eigenvalue weighted by atomic mass is 35.5. The molecule has 26 heavy (non-hydrogen) atoms. The summed E-state index contributed by atoms with van der Waals surface area (Å²) in [6.07, 6.45) is 1.64. The Kier molecular flexibility index (Phi) is 6.01. The summed E-state index contributed by atoms with van der Waals surface area (Å²) in [4.78, 5) is 14.2. The summed E-state index contributed by atoms with van der Waals surface area (Å²) in [5.41, 5.74) is 1.65. The number of thioether (sulfide) groups is 1. The molecule has 0 radical (unpaired) electrons. The molecule has 1 heterocycles. The SMILES string of the molecule is C=CCOc1c(Cl)cc([C@@H]2SCC(=O)N2c2ccc(Cl)cc2)cc1OC. The molecule has 7 heteroatoms. The summed E-state index contributed by atoms with van der Waals surface area (Å²) in [5, 5.41) is 0.846. The number of amides is 1. The zero-order valence-corrected chi connectivity index (χ0v) is 16.4. The zero-order valence-electron chi connectivity index (χ0n) is 14.1. The quantitative estimate of drug-likeness (QED) is 0.603. The van der Waals surface area contributed by atoms with Crippen LogP contribution in [0.5, 0.6) is 11.5 Å². The highest BCUT2D eigenvalue weighted by Crippen LogP contribution is 2.46. The Morgan fingerprint density at radius 3 is 2.69 bits per heavy atom. The second kappa shape index (κ2) is 8.25. The molecule has 1 aliphatic rings. The Labute approximate surface area is 166 Å². The van der Waals surface area contributed by atoms with Crippen LogP contribution in [0.15, 0.2) is 49.1 Å². The maximum absolute atomic E-state index is 12.5. The van der Waals surface area contributed by atoms with Gasteiger partial charge in [-0.1, -0.05) is 35.9 Å². The summed E-state index contributed by atoms with van der Waals surface area (Å²) in [7, 11) is 1.56. The number of carbonyl (C=O) groups excluding carboxylic acids is 1. The van der Waals surface area contributed by atoms with Crippen molar-refractivity contribution >= 4 is 46.6 Å². The molecule has 0 bridgehead atoms. The van der Waals surface area contributed by atoms with E-state index in [1.54, 1.807) is 30.2 Å². The number of hydrogen-bond donors (Lipinski definition) is 0. The van der Waals surface area contributed by atoms with Crippen molar-refractivity contribution in [2.45, 2.75) is 5.37 Å². The number of ether oxygens (including phenoxy) is 2. The van der Waals surface area contributed by atoms with E-state index < -0.39 is 0 Å². The van der Waals surface area contributed by atoms with E-state index in [0.717, 1.165) is 11.3 Å². The molecule has 136 valence electrons. The molecule has 1 aliphatic heterocycles. The lowest BCUT2D eigenvalue weighted by Crippen LogP contribution is -2.27. The Bertz CT molecular complexity index is 826. The first-order valence-electron chi connectivity index (χ1n) is 7.85. The van der Waals surface area contributed by atoms with E-state index in [-0.39, 0.29) is 11.3 Å². The molecular weight excluding hydrogens is 393 g/mol. The number of nitrogens with zero attached hydrogens (tertiary/aromatic N) is 1. The van der Waals surface area contributed by atoms with Crippen molar-refractivity contribution in [2.24, 2.45) is 0 Å². The van der Waals surface area contributed by atoms with Crippen LogP contribution in [0.2, 0.25) is 10.0 Å². The molecule has 1 atom stereocenters. The number of hydrogen-bond acceptors (Lipinski definition) is 4. The fourth-order valence-corrected chi connectivity index (χ4v) is 4.27. The first-order chi connectivity index (χ1) is 12.5. The predicted molar refractivity (Wildman–Crippen MR) is 108 cm³/mol. The van der Waals surface area contributed by atoms with Crippen molar-refractivity contribution in [3.8, 4) is 11.5 Å². The summed E-state index contributed by atoms with van der Waals surface area (Å²) in [6, 6.07) is 10.9. The monoisotopic (exact) mass is 409 g/mol. The zero-order chi connectivity index (χ0) is 18.7. The number of methoxy groups -OCH3 is 1. The number of carbonyl (C=O) groups is 1. The van der Waals surface area contributed by atoms with E-state index in [9.17, 15) is 4.79 Å². The van der Waals surface area contributed by atoms with E-state index in [0.29, 0.717) is 33.9 Å². The average molecular weight is 410 g/mol. The van der Waals surface area contributed by atoms with E-state index in [4.69, 9.17) is 32.7 Å². The van der Waals surface area contributed by atoms with Gasteiger partial charge in [0.2, 0.25) is 5.91 Å². The Balaban J connectivity index is 1.98. The van der Waals surface area contributed by atoms with Gasteiger partial charge in [-0.15, -0.1) is 11.8 Å². The van der Waals surface area contributed by atoms with E-state index in [1.165, 1.54) is 11.8 Å². The summed E-state index contributed by atoms with van der Waals surface area (Å²) in [6.45, 7) is 3.96. The van der Waals surface area contributed by atoms with Crippen molar-refractivity contribution in [3.05, 3.63) is 64.7 Å². The van der Waals surface area contributed by atoms with Gasteiger partial charge in [0.25, 0.3) is 0 Å². The van der Waals surface area contributed by atoms with Crippen LogP contribution in [-0.2, 0) is 4.79 Å². The third kappa shape index (κ3) is 3.80. The summed E-state index contributed by atoms with van der Waals surface area (Å²) >= 11 is 13.9. The van der Waals surface area contributed by atoms with Crippen LogP contribution in [0.1, 0.15) is 10.9 Å². The van der Waals surface area contributed by atoms with Crippen molar-refractivity contribution in [2.75, 3.05) is 24.4 Å². The van der Waals surface area contributed by atoms with E-state index in [1.807, 2.05) is 24.3 Å². The minimum Gasteiger partial charge on any atom is -0.493 e.